The number of carbonyl (C=O) groups is 2. The lowest BCUT2D eigenvalue weighted by molar-refractivity contribution is -0.128. The van der Waals surface area contributed by atoms with Crippen molar-refractivity contribution in [2.75, 3.05) is 13.7 Å². The third kappa shape index (κ3) is 4.47. The van der Waals surface area contributed by atoms with Crippen LogP contribution in [-0.2, 0) is 18.9 Å². The Morgan fingerprint density at radius 2 is 1.62 bits per heavy atom. The molecule has 26 heavy (non-hydrogen) atoms. The summed E-state index contributed by atoms with van der Waals surface area (Å²) < 4.78 is 37.5. The zero-order valence-corrected chi connectivity index (χ0v) is 14.2. The van der Waals surface area contributed by atoms with E-state index >= 15 is 0 Å². The fourth-order valence-corrected chi connectivity index (χ4v) is 2.51. The van der Waals surface area contributed by atoms with Crippen LogP contribution in [0, 0.1) is 0 Å². The van der Waals surface area contributed by atoms with Crippen LogP contribution in [0.3, 0.4) is 0 Å². The van der Waals surface area contributed by atoms with Gasteiger partial charge in [-0.25, -0.2) is 9.59 Å². The Bertz CT molecular complexity index is 812. The fraction of sp³-hybridized carbons (Fsp3) is 0.300. The van der Waals surface area contributed by atoms with Crippen molar-refractivity contribution in [3.05, 3.63) is 71.8 Å². The van der Waals surface area contributed by atoms with E-state index in [9.17, 15) is 9.59 Å². The molecule has 2 aromatic carbocycles. The molecule has 2 aromatic rings. The van der Waals surface area contributed by atoms with Gasteiger partial charge in [-0.15, -0.1) is 0 Å². The van der Waals surface area contributed by atoms with Crippen molar-refractivity contribution in [3.63, 3.8) is 0 Å². The molecule has 1 fully saturated rings. The second kappa shape index (κ2) is 8.60. The third-order valence-corrected chi connectivity index (χ3v) is 3.87. The van der Waals surface area contributed by atoms with Crippen LogP contribution in [0.2, 0.25) is 0 Å². The molecule has 1 saturated heterocycles. The van der Waals surface area contributed by atoms with Crippen LogP contribution in [0.25, 0.3) is 0 Å². The third-order valence-electron chi connectivity index (χ3n) is 3.87. The summed E-state index contributed by atoms with van der Waals surface area (Å²) in [7, 11) is 1.40. The van der Waals surface area contributed by atoms with Crippen LogP contribution in [0.4, 0.5) is 0 Å². The molecular weight excluding hydrogens is 336 g/mol. The van der Waals surface area contributed by atoms with Crippen molar-refractivity contribution >= 4 is 11.9 Å². The van der Waals surface area contributed by atoms with E-state index < -0.39 is 37.0 Å². The minimum atomic E-state index is -2.54. The smallest absolute Gasteiger partial charge is 0.338 e. The van der Waals surface area contributed by atoms with Crippen LogP contribution >= 0.6 is 0 Å². The van der Waals surface area contributed by atoms with E-state index in [-0.39, 0.29) is 12.0 Å². The molecule has 1 unspecified atom stereocenters. The lowest BCUT2D eigenvalue weighted by atomic mass is 10.1. The number of benzene rings is 2. The molecule has 1 heterocycles. The Kier molecular flexibility index (Phi) is 5.14. The molecule has 0 radical (unpaired) electrons. The second-order valence-corrected chi connectivity index (χ2v) is 5.64. The number of esters is 2. The van der Waals surface area contributed by atoms with Crippen LogP contribution in [0.5, 0.6) is 0 Å². The maximum absolute atomic E-state index is 12.4. The first kappa shape index (κ1) is 15.5. The average Bonchev–Trinajstić information content (AvgIpc) is 3.13. The van der Waals surface area contributed by atoms with Crippen molar-refractivity contribution < 1.29 is 31.3 Å². The van der Waals surface area contributed by atoms with E-state index in [4.69, 9.17) is 21.7 Å². The molecule has 0 amide bonds. The highest BCUT2D eigenvalue weighted by Crippen LogP contribution is 2.25. The topological polar surface area (TPSA) is 71.1 Å². The molecule has 0 bridgehead atoms. The average molecular weight is 358 g/mol. The normalized spacial score (nSPS) is 23.7. The van der Waals surface area contributed by atoms with E-state index in [1.165, 1.54) is 19.2 Å². The number of hydrogen-bond donors (Lipinski definition) is 0. The van der Waals surface area contributed by atoms with Crippen molar-refractivity contribution in [3.8, 4) is 0 Å². The standard InChI is InChI=1S/C20H20O6/c1-23-18-12-16(26-20(22)15-10-6-3-7-11-15)17(25-18)13-24-19(21)14-8-4-2-5-9-14/h2-11,16-18H,12-13H2,1H3/t16-,17+,18?/m0/s1/i13D2. The van der Waals surface area contributed by atoms with Gasteiger partial charge in [0.05, 0.1) is 13.9 Å². The molecule has 3 rings (SSSR count). The van der Waals surface area contributed by atoms with Crippen LogP contribution in [-0.4, -0.2) is 44.1 Å². The van der Waals surface area contributed by atoms with Gasteiger partial charge in [0, 0.05) is 13.5 Å². The Hall–Kier alpha value is -2.70. The van der Waals surface area contributed by atoms with Crippen molar-refractivity contribution in [2.24, 2.45) is 0 Å². The Balaban J connectivity index is 1.74. The van der Waals surface area contributed by atoms with Gasteiger partial charge >= 0.3 is 11.9 Å². The monoisotopic (exact) mass is 358 g/mol. The summed E-state index contributed by atoms with van der Waals surface area (Å²) in [6, 6.07) is 16.4. The molecule has 0 N–H and O–H groups in total. The Morgan fingerprint density at radius 1 is 1.04 bits per heavy atom. The SMILES string of the molecule is [2H]C([2H])(OC(=O)c1ccccc1)[C@H]1OC(OC)C[C@@H]1OC(=O)c1ccccc1. The van der Waals surface area contributed by atoms with Crippen molar-refractivity contribution in [1.29, 1.82) is 0 Å². The Morgan fingerprint density at radius 3 is 2.19 bits per heavy atom. The molecule has 6 heteroatoms. The summed E-state index contributed by atoms with van der Waals surface area (Å²) in [6.07, 6.45) is -3.00. The van der Waals surface area contributed by atoms with Gasteiger partial charge in [-0.2, -0.15) is 0 Å². The van der Waals surface area contributed by atoms with Crippen molar-refractivity contribution in [1.82, 2.24) is 0 Å². The Labute approximate surface area is 154 Å². The summed E-state index contributed by atoms with van der Waals surface area (Å²) in [6.45, 7) is -2.54. The first-order valence-electron chi connectivity index (χ1n) is 9.13. The first-order valence-corrected chi connectivity index (χ1v) is 8.13. The molecular formula is C20H20O6. The number of hydrogen-bond acceptors (Lipinski definition) is 6. The van der Waals surface area contributed by atoms with Gasteiger partial charge < -0.3 is 18.9 Å². The largest absolute Gasteiger partial charge is 0.459 e. The predicted octanol–water partition coefficient (Wildman–Crippen LogP) is 2.83. The predicted molar refractivity (Wildman–Crippen MR) is 92.7 cm³/mol. The van der Waals surface area contributed by atoms with Gasteiger partial charge in [0.15, 0.2) is 6.29 Å². The molecule has 6 nitrogen and oxygen atoms in total. The highest BCUT2D eigenvalue weighted by atomic mass is 16.7. The highest BCUT2D eigenvalue weighted by molar-refractivity contribution is 5.90. The molecule has 0 aromatic heterocycles. The minimum Gasteiger partial charge on any atom is -0.459 e. The number of methoxy groups -OCH3 is 1. The maximum atomic E-state index is 12.4. The molecule has 0 aliphatic carbocycles. The van der Waals surface area contributed by atoms with E-state index in [0.717, 1.165) is 0 Å². The summed E-state index contributed by atoms with van der Waals surface area (Å²) in [5.74, 6) is -1.47. The molecule has 136 valence electrons. The van der Waals surface area contributed by atoms with E-state index in [0.29, 0.717) is 5.56 Å². The molecule has 0 spiro atoms. The minimum absolute atomic E-state index is 0.113. The molecule has 0 saturated carbocycles. The zero-order valence-electron chi connectivity index (χ0n) is 16.2. The van der Waals surface area contributed by atoms with Gasteiger partial charge in [-0.05, 0) is 24.3 Å². The second-order valence-electron chi connectivity index (χ2n) is 5.64. The lowest BCUT2D eigenvalue weighted by Gasteiger charge is -2.18. The maximum Gasteiger partial charge on any atom is 0.338 e. The zero-order chi connectivity index (χ0) is 20.1. The number of rotatable bonds is 6. The van der Waals surface area contributed by atoms with Gasteiger partial charge in [0.25, 0.3) is 0 Å². The summed E-state index contributed by atoms with van der Waals surface area (Å²) in [5.41, 5.74) is 0.523. The van der Waals surface area contributed by atoms with Gasteiger partial charge in [-0.1, -0.05) is 36.4 Å². The van der Waals surface area contributed by atoms with Crippen molar-refractivity contribution in [2.45, 2.75) is 24.9 Å². The fourth-order valence-electron chi connectivity index (χ4n) is 2.51. The van der Waals surface area contributed by atoms with E-state index in [1.807, 2.05) is 0 Å². The van der Waals surface area contributed by atoms with Gasteiger partial charge in [0.1, 0.15) is 18.8 Å². The summed E-state index contributed by atoms with van der Waals surface area (Å²) >= 11 is 0. The lowest BCUT2D eigenvalue weighted by Crippen LogP contribution is -2.32. The van der Waals surface area contributed by atoms with Gasteiger partial charge in [-0.3, -0.25) is 0 Å². The number of carbonyl (C=O) groups excluding carboxylic acids is 2. The van der Waals surface area contributed by atoms with Gasteiger partial charge in [0.2, 0.25) is 0 Å². The molecule has 1 aliphatic heterocycles. The summed E-state index contributed by atoms with van der Waals surface area (Å²) in [4.78, 5) is 24.6. The molecule has 3 atom stereocenters. The molecule has 1 aliphatic rings. The first-order chi connectivity index (χ1) is 13.4. The van der Waals surface area contributed by atoms with Crippen LogP contribution in [0.1, 0.15) is 29.9 Å². The quantitative estimate of drug-likeness (QED) is 0.740. The van der Waals surface area contributed by atoms with E-state index in [1.54, 1.807) is 48.5 Å². The van der Waals surface area contributed by atoms with Crippen LogP contribution < -0.4 is 0 Å². The van der Waals surface area contributed by atoms with Crippen LogP contribution in [0.15, 0.2) is 60.7 Å². The van der Waals surface area contributed by atoms with E-state index in [2.05, 4.69) is 0 Å². The highest BCUT2D eigenvalue weighted by Gasteiger charge is 2.39. The summed E-state index contributed by atoms with van der Waals surface area (Å²) in [5, 5.41) is 0. The number of ether oxygens (including phenoxy) is 4.